The molecule has 0 aliphatic carbocycles. The van der Waals surface area contributed by atoms with Crippen LogP contribution in [-0.2, 0) is 0 Å². The standard InChI is InChI=1S/C21H24N4O/c1-2-23-21(26)16-6-7-20-15(12-16)4-3-5-19(20)17-13-24-25(14-17)18-8-10-22-11-9-18/h3-7,12-14,18,22H,2,8-11H2,1H3,(H,23,26). The molecule has 2 N–H and O–H groups in total. The topological polar surface area (TPSA) is 59.0 Å². The first-order chi connectivity index (χ1) is 12.8. The number of aromatic nitrogens is 2. The van der Waals surface area contributed by atoms with Crippen LogP contribution < -0.4 is 10.6 Å². The maximum Gasteiger partial charge on any atom is 0.251 e. The van der Waals surface area contributed by atoms with Gasteiger partial charge in [0.15, 0.2) is 0 Å². The second-order valence-corrected chi connectivity index (χ2v) is 6.79. The van der Waals surface area contributed by atoms with Crippen molar-refractivity contribution in [1.82, 2.24) is 20.4 Å². The van der Waals surface area contributed by atoms with Crippen molar-refractivity contribution >= 4 is 16.7 Å². The summed E-state index contributed by atoms with van der Waals surface area (Å²) in [7, 11) is 0. The number of amides is 1. The number of fused-ring (bicyclic) bond motifs is 1. The van der Waals surface area contributed by atoms with Crippen LogP contribution >= 0.6 is 0 Å². The molecule has 26 heavy (non-hydrogen) atoms. The molecule has 2 aromatic carbocycles. The number of hydrogen-bond acceptors (Lipinski definition) is 3. The zero-order valence-electron chi connectivity index (χ0n) is 15.0. The number of carbonyl (C=O) groups excluding carboxylic acids is 1. The molecule has 0 unspecified atom stereocenters. The highest BCUT2D eigenvalue weighted by Crippen LogP contribution is 2.30. The van der Waals surface area contributed by atoms with Gasteiger partial charge in [-0.25, -0.2) is 0 Å². The van der Waals surface area contributed by atoms with Crippen LogP contribution in [-0.4, -0.2) is 35.3 Å². The molecule has 2 heterocycles. The van der Waals surface area contributed by atoms with Gasteiger partial charge in [0, 0.05) is 23.9 Å². The molecule has 1 saturated heterocycles. The van der Waals surface area contributed by atoms with E-state index in [1.165, 1.54) is 0 Å². The number of benzene rings is 2. The quantitative estimate of drug-likeness (QED) is 0.760. The number of piperidine rings is 1. The summed E-state index contributed by atoms with van der Waals surface area (Å²) in [6.45, 7) is 4.66. The number of nitrogens with one attached hydrogen (secondary N) is 2. The lowest BCUT2D eigenvalue weighted by atomic mass is 9.98. The molecule has 1 aromatic heterocycles. The lowest BCUT2D eigenvalue weighted by Crippen LogP contribution is -2.29. The molecular formula is C21H24N4O. The van der Waals surface area contributed by atoms with Gasteiger partial charge in [-0.3, -0.25) is 9.48 Å². The molecule has 4 rings (SSSR count). The van der Waals surface area contributed by atoms with Crippen LogP contribution in [0, 0.1) is 0 Å². The van der Waals surface area contributed by atoms with Crippen LogP contribution in [0.2, 0.25) is 0 Å². The van der Waals surface area contributed by atoms with E-state index < -0.39 is 0 Å². The van der Waals surface area contributed by atoms with Gasteiger partial charge in [0.05, 0.1) is 12.2 Å². The molecular weight excluding hydrogens is 324 g/mol. The lowest BCUT2D eigenvalue weighted by Gasteiger charge is -2.22. The highest BCUT2D eigenvalue weighted by atomic mass is 16.1. The average Bonchev–Trinajstić information content (AvgIpc) is 3.18. The maximum atomic E-state index is 12.1. The number of rotatable bonds is 4. The van der Waals surface area contributed by atoms with Gasteiger partial charge in [-0.05, 0) is 61.3 Å². The average molecular weight is 348 g/mol. The molecule has 0 spiro atoms. The molecule has 0 saturated carbocycles. The van der Waals surface area contributed by atoms with E-state index in [1.54, 1.807) is 0 Å². The predicted octanol–water partition coefficient (Wildman–Crippen LogP) is 3.38. The van der Waals surface area contributed by atoms with Crippen molar-refractivity contribution < 1.29 is 4.79 Å². The fourth-order valence-electron chi connectivity index (χ4n) is 3.69. The molecule has 0 atom stereocenters. The van der Waals surface area contributed by atoms with Crippen molar-refractivity contribution in [2.75, 3.05) is 19.6 Å². The number of nitrogens with zero attached hydrogens (tertiary/aromatic N) is 2. The maximum absolute atomic E-state index is 12.1. The Kier molecular flexibility index (Phi) is 4.71. The molecule has 1 fully saturated rings. The van der Waals surface area contributed by atoms with Crippen LogP contribution in [0.1, 0.15) is 36.2 Å². The normalized spacial score (nSPS) is 15.3. The van der Waals surface area contributed by atoms with Gasteiger partial charge in [-0.2, -0.15) is 5.10 Å². The third kappa shape index (κ3) is 3.22. The van der Waals surface area contributed by atoms with Crippen LogP contribution in [0.4, 0.5) is 0 Å². The van der Waals surface area contributed by atoms with Crippen molar-refractivity contribution in [3.8, 4) is 11.1 Å². The van der Waals surface area contributed by atoms with Gasteiger partial charge >= 0.3 is 0 Å². The number of hydrogen-bond donors (Lipinski definition) is 2. The van der Waals surface area contributed by atoms with Crippen LogP contribution in [0.5, 0.6) is 0 Å². The minimum atomic E-state index is -0.0291. The SMILES string of the molecule is CCNC(=O)c1ccc2c(-c3cnn(C4CCNCC4)c3)cccc2c1. The summed E-state index contributed by atoms with van der Waals surface area (Å²) in [4.78, 5) is 12.1. The Morgan fingerprint density at radius 3 is 2.92 bits per heavy atom. The van der Waals surface area contributed by atoms with Gasteiger partial charge in [0.1, 0.15) is 0 Å². The molecule has 1 amide bonds. The van der Waals surface area contributed by atoms with Crippen LogP contribution in [0.25, 0.3) is 21.9 Å². The molecule has 5 heteroatoms. The lowest BCUT2D eigenvalue weighted by molar-refractivity contribution is 0.0956. The van der Waals surface area contributed by atoms with Crippen molar-refractivity contribution in [3.63, 3.8) is 0 Å². The predicted molar refractivity (Wildman–Crippen MR) is 104 cm³/mol. The van der Waals surface area contributed by atoms with E-state index in [0.29, 0.717) is 18.2 Å². The van der Waals surface area contributed by atoms with Crippen molar-refractivity contribution in [2.45, 2.75) is 25.8 Å². The van der Waals surface area contributed by atoms with Crippen molar-refractivity contribution in [1.29, 1.82) is 0 Å². The summed E-state index contributed by atoms with van der Waals surface area (Å²) < 4.78 is 2.11. The fourth-order valence-corrected chi connectivity index (χ4v) is 3.69. The molecule has 0 radical (unpaired) electrons. The van der Waals surface area contributed by atoms with Gasteiger partial charge in [-0.15, -0.1) is 0 Å². The summed E-state index contributed by atoms with van der Waals surface area (Å²) in [5.41, 5.74) is 2.98. The van der Waals surface area contributed by atoms with E-state index in [4.69, 9.17) is 0 Å². The minimum absolute atomic E-state index is 0.0291. The minimum Gasteiger partial charge on any atom is -0.352 e. The van der Waals surface area contributed by atoms with Gasteiger partial charge < -0.3 is 10.6 Å². The Labute approximate surface area is 153 Å². The Hall–Kier alpha value is -2.66. The van der Waals surface area contributed by atoms with Gasteiger partial charge in [0.25, 0.3) is 5.91 Å². The second kappa shape index (κ2) is 7.30. The Balaban J connectivity index is 1.68. The van der Waals surface area contributed by atoms with E-state index in [0.717, 1.165) is 47.8 Å². The Morgan fingerprint density at radius 1 is 1.27 bits per heavy atom. The van der Waals surface area contributed by atoms with Gasteiger partial charge in [0.2, 0.25) is 0 Å². The molecule has 1 aliphatic rings. The molecule has 0 bridgehead atoms. The highest BCUT2D eigenvalue weighted by molar-refractivity contribution is 6.02. The first-order valence-electron chi connectivity index (χ1n) is 9.32. The third-order valence-electron chi connectivity index (χ3n) is 5.08. The molecule has 5 nitrogen and oxygen atoms in total. The third-order valence-corrected chi connectivity index (χ3v) is 5.08. The van der Waals surface area contributed by atoms with E-state index in [2.05, 4.69) is 38.7 Å². The van der Waals surface area contributed by atoms with Crippen LogP contribution in [0.15, 0.2) is 48.8 Å². The zero-order chi connectivity index (χ0) is 17.9. The van der Waals surface area contributed by atoms with E-state index >= 15 is 0 Å². The summed E-state index contributed by atoms with van der Waals surface area (Å²) >= 11 is 0. The van der Waals surface area contributed by atoms with E-state index in [9.17, 15) is 4.79 Å². The van der Waals surface area contributed by atoms with E-state index in [-0.39, 0.29) is 5.91 Å². The van der Waals surface area contributed by atoms with Gasteiger partial charge in [-0.1, -0.05) is 24.3 Å². The van der Waals surface area contributed by atoms with Crippen molar-refractivity contribution in [2.24, 2.45) is 0 Å². The van der Waals surface area contributed by atoms with Crippen LogP contribution in [0.3, 0.4) is 0 Å². The first kappa shape index (κ1) is 16.8. The fraction of sp³-hybridized carbons (Fsp3) is 0.333. The molecule has 3 aromatic rings. The smallest absolute Gasteiger partial charge is 0.251 e. The Morgan fingerprint density at radius 2 is 2.12 bits per heavy atom. The largest absolute Gasteiger partial charge is 0.352 e. The highest BCUT2D eigenvalue weighted by Gasteiger charge is 2.16. The Bertz CT molecular complexity index is 925. The second-order valence-electron chi connectivity index (χ2n) is 6.79. The summed E-state index contributed by atoms with van der Waals surface area (Å²) in [6, 6.07) is 12.6. The summed E-state index contributed by atoms with van der Waals surface area (Å²) in [5.74, 6) is -0.0291. The molecule has 1 aliphatic heterocycles. The van der Waals surface area contributed by atoms with Crippen molar-refractivity contribution in [3.05, 3.63) is 54.4 Å². The molecule has 134 valence electrons. The zero-order valence-corrected chi connectivity index (χ0v) is 15.0. The monoisotopic (exact) mass is 348 g/mol. The summed E-state index contributed by atoms with van der Waals surface area (Å²) in [5, 5.41) is 13.1. The van der Waals surface area contributed by atoms with E-state index in [1.807, 2.05) is 37.4 Å². The summed E-state index contributed by atoms with van der Waals surface area (Å²) in [6.07, 6.45) is 6.34. The number of carbonyl (C=O) groups is 1. The first-order valence-corrected chi connectivity index (χ1v) is 9.32.